The van der Waals surface area contributed by atoms with Crippen molar-refractivity contribution in [3.8, 4) is 0 Å². The van der Waals surface area contributed by atoms with Gasteiger partial charge in [-0.25, -0.2) is 9.50 Å². The van der Waals surface area contributed by atoms with Gasteiger partial charge in [-0.05, 0) is 44.6 Å². The average molecular weight is 369 g/mol. The molecule has 1 aromatic carbocycles. The highest BCUT2D eigenvalue weighted by Crippen LogP contribution is 2.18. The van der Waals surface area contributed by atoms with Crippen LogP contribution in [-0.2, 0) is 17.8 Å². The van der Waals surface area contributed by atoms with Crippen molar-refractivity contribution in [2.24, 2.45) is 0 Å². The van der Waals surface area contributed by atoms with Crippen LogP contribution in [0.1, 0.15) is 34.5 Å². The lowest BCUT2D eigenvalue weighted by Gasteiger charge is -2.10. The number of thioether (sulfide) groups is 1. The van der Waals surface area contributed by atoms with E-state index < -0.39 is 0 Å². The fraction of sp³-hybridized carbons (Fsp3) is 0.368. The maximum atomic E-state index is 12.2. The Bertz CT molecular complexity index is 933. The second-order valence-corrected chi connectivity index (χ2v) is 7.11. The van der Waals surface area contributed by atoms with E-state index in [1.54, 1.807) is 4.52 Å². The van der Waals surface area contributed by atoms with Gasteiger partial charge >= 0.3 is 0 Å². The van der Waals surface area contributed by atoms with Crippen molar-refractivity contribution >= 4 is 23.4 Å². The average Bonchev–Trinajstić information content (AvgIpc) is 3.04. The Morgan fingerprint density at radius 3 is 2.58 bits per heavy atom. The molecule has 0 spiro atoms. The van der Waals surface area contributed by atoms with Gasteiger partial charge in [0.25, 0.3) is 5.78 Å². The van der Waals surface area contributed by atoms with E-state index in [4.69, 9.17) is 0 Å². The van der Waals surface area contributed by atoms with Gasteiger partial charge in [-0.3, -0.25) is 4.79 Å². The smallest absolute Gasteiger partial charge is 0.253 e. The van der Waals surface area contributed by atoms with Gasteiger partial charge in [0, 0.05) is 24.4 Å². The third-order valence-electron chi connectivity index (χ3n) is 4.42. The van der Waals surface area contributed by atoms with Crippen LogP contribution in [0.5, 0.6) is 0 Å². The highest BCUT2D eigenvalue weighted by atomic mass is 32.2. The van der Waals surface area contributed by atoms with Crippen LogP contribution in [0.2, 0.25) is 0 Å². The van der Waals surface area contributed by atoms with E-state index in [0.29, 0.717) is 30.3 Å². The highest BCUT2D eigenvalue weighted by Gasteiger charge is 2.14. The van der Waals surface area contributed by atoms with E-state index in [2.05, 4.69) is 39.4 Å². The zero-order valence-electron chi connectivity index (χ0n) is 15.5. The van der Waals surface area contributed by atoms with E-state index >= 15 is 0 Å². The molecule has 2 aromatic heterocycles. The number of fused-ring (bicyclic) bond motifs is 1. The van der Waals surface area contributed by atoms with Crippen molar-refractivity contribution in [3.05, 3.63) is 52.3 Å². The summed E-state index contributed by atoms with van der Waals surface area (Å²) in [5.74, 6) is 0.643. The topological polar surface area (TPSA) is 72.2 Å². The van der Waals surface area contributed by atoms with E-state index in [1.807, 2.05) is 32.2 Å². The molecular formula is C19H23N5OS. The summed E-state index contributed by atoms with van der Waals surface area (Å²) in [6.45, 7) is 6.56. The number of aromatic nitrogens is 4. The van der Waals surface area contributed by atoms with Crippen molar-refractivity contribution in [2.75, 3.05) is 6.26 Å². The Labute approximate surface area is 157 Å². The van der Waals surface area contributed by atoms with Gasteiger partial charge in [0.1, 0.15) is 0 Å². The number of amides is 1. The maximum Gasteiger partial charge on any atom is 0.253 e. The summed E-state index contributed by atoms with van der Waals surface area (Å²) in [6, 6.07) is 8.18. The minimum absolute atomic E-state index is 0.0351. The van der Waals surface area contributed by atoms with Crippen LogP contribution in [0, 0.1) is 20.8 Å². The van der Waals surface area contributed by atoms with Gasteiger partial charge in [0.2, 0.25) is 11.1 Å². The molecule has 0 saturated heterocycles. The Morgan fingerprint density at radius 1 is 1.15 bits per heavy atom. The number of aryl methyl sites for hydroxylation is 3. The molecule has 7 heteroatoms. The second kappa shape index (κ2) is 7.86. The van der Waals surface area contributed by atoms with Gasteiger partial charge in [-0.2, -0.15) is 4.98 Å². The number of hydrogen-bond acceptors (Lipinski definition) is 5. The monoisotopic (exact) mass is 369 g/mol. The molecule has 136 valence electrons. The van der Waals surface area contributed by atoms with E-state index in [1.165, 1.54) is 17.3 Å². The molecule has 2 heterocycles. The summed E-state index contributed by atoms with van der Waals surface area (Å²) in [4.78, 5) is 21.1. The minimum atomic E-state index is 0.0351. The number of carbonyl (C=O) groups excluding carboxylic acids is 1. The maximum absolute atomic E-state index is 12.2. The molecule has 0 aliphatic carbocycles. The third kappa shape index (κ3) is 4.04. The number of nitrogens with one attached hydrogen (secondary N) is 1. The van der Waals surface area contributed by atoms with E-state index in [0.717, 1.165) is 22.5 Å². The fourth-order valence-electron chi connectivity index (χ4n) is 2.87. The lowest BCUT2D eigenvalue weighted by molar-refractivity contribution is -0.121. The van der Waals surface area contributed by atoms with Crippen LogP contribution in [0.4, 0.5) is 0 Å². The van der Waals surface area contributed by atoms with Gasteiger partial charge in [-0.1, -0.05) is 41.6 Å². The van der Waals surface area contributed by atoms with Gasteiger partial charge in [-0.15, -0.1) is 5.10 Å². The molecule has 6 nitrogen and oxygen atoms in total. The lowest BCUT2D eigenvalue weighted by atomic mass is 10.1. The van der Waals surface area contributed by atoms with Crippen LogP contribution < -0.4 is 5.32 Å². The quantitative estimate of drug-likeness (QED) is 0.676. The summed E-state index contributed by atoms with van der Waals surface area (Å²) in [7, 11) is 0. The number of hydrogen-bond donors (Lipinski definition) is 1. The van der Waals surface area contributed by atoms with Crippen molar-refractivity contribution in [1.82, 2.24) is 24.9 Å². The number of benzene rings is 1. The SMILES string of the molecule is CSc1nc2nc(C)c(CCC(=O)NCc3ccc(C)cc3)c(C)n2n1. The van der Waals surface area contributed by atoms with E-state index in [9.17, 15) is 4.79 Å². The predicted molar refractivity (Wildman–Crippen MR) is 103 cm³/mol. The fourth-order valence-corrected chi connectivity index (χ4v) is 3.21. The van der Waals surface area contributed by atoms with Crippen LogP contribution in [-0.4, -0.2) is 31.7 Å². The molecule has 0 bridgehead atoms. The molecule has 3 rings (SSSR count). The lowest BCUT2D eigenvalue weighted by Crippen LogP contribution is -2.23. The zero-order valence-corrected chi connectivity index (χ0v) is 16.4. The van der Waals surface area contributed by atoms with Crippen molar-refractivity contribution in [3.63, 3.8) is 0 Å². The van der Waals surface area contributed by atoms with Crippen molar-refractivity contribution < 1.29 is 4.79 Å². The van der Waals surface area contributed by atoms with E-state index in [-0.39, 0.29) is 5.91 Å². The Kier molecular flexibility index (Phi) is 5.56. The van der Waals surface area contributed by atoms with Crippen LogP contribution in [0.15, 0.2) is 29.4 Å². The first-order chi connectivity index (χ1) is 12.5. The molecule has 1 amide bonds. The summed E-state index contributed by atoms with van der Waals surface area (Å²) >= 11 is 1.49. The first-order valence-electron chi connectivity index (χ1n) is 8.57. The summed E-state index contributed by atoms with van der Waals surface area (Å²) in [5, 5.41) is 8.13. The van der Waals surface area contributed by atoms with Gasteiger partial charge < -0.3 is 5.32 Å². The number of carbonyl (C=O) groups is 1. The van der Waals surface area contributed by atoms with Gasteiger partial charge in [0.15, 0.2) is 0 Å². The largest absolute Gasteiger partial charge is 0.352 e. The molecule has 0 radical (unpaired) electrons. The summed E-state index contributed by atoms with van der Waals surface area (Å²) in [6.07, 6.45) is 3.00. The molecule has 0 unspecified atom stereocenters. The normalized spacial score (nSPS) is 11.1. The molecule has 26 heavy (non-hydrogen) atoms. The van der Waals surface area contributed by atoms with Gasteiger partial charge in [0.05, 0.1) is 0 Å². The number of rotatable bonds is 6. The molecule has 0 atom stereocenters. The third-order valence-corrected chi connectivity index (χ3v) is 4.96. The molecule has 1 N–H and O–H groups in total. The summed E-state index contributed by atoms with van der Waals surface area (Å²) < 4.78 is 1.76. The van der Waals surface area contributed by atoms with Crippen molar-refractivity contribution in [2.45, 2.75) is 45.3 Å². The Morgan fingerprint density at radius 2 is 1.88 bits per heavy atom. The summed E-state index contributed by atoms with van der Waals surface area (Å²) in [5.41, 5.74) is 5.27. The molecule has 0 aliphatic heterocycles. The zero-order chi connectivity index (χ0) is 18.7. The minimum Gasteiger partial charge on any atom is -0.352 e. The molecule has 0 saturated carbocycles. The van der Waals surface area contributed by atoms with Crippen LogP contribution >= 0.6 is 11.8 Å². The molecular weight excluding hydrogens is 346 g/mol. The molecule has 0 fully saturated rings. The van der Waals surface area contributed by atoms with Crippen LogP contribution in [0.25, 0.3) is 5.78 Å². The second-order valence-electron chi connectivity index (χ2n) is 6.33. The predicted octanol–water partition coefficient (Wildman–Crippen LogP) is 3.02. The molecule has 0 aliphatic rings. The van der Waals surface area contributed by atoms with Crippen molar-refractivity contribution in [1.29, 1.82) is 0 Å². The standard InChI is InChI=1S/C19H23N5OS/c1-12-5-7-15(8-6-12)11-20-17(25)10-9-16-13(2)21-18-22-19(26-4)23-24(18)14(16)3/h5-8H,9-11H2,1-4H3,(H,20,25). The molecule has 3 aromatic rings. The van der Waals surface area contributed by atoms with Crippen LogP contribution in [0.3, 0.4) is 0 Å². The Hall–Kier alpha value is -2.41. The number of nitrogens with zero attached hydrogens (tertiary/aromatic N) is 4. The first-order valence-corrected chi connectivity index (χ1v) is 9.79. The highest BCUT2D eigenvalue weighted by molar-refractivity contribution is 7.98. The first kappa shape index (κ1) is 18.4. The Balaban J connectivity index is 1.65.